The molecule has 0 radical (unpaired) electrons. The molecule has 0 saturated carbocycles. The molecule has 0 spiro atoms. The van der Waals surface area contributed by atoms with Crippen LogP contribution >= 0.6 is 0 Å². The molecule has 0 amide bonds. The molecular weight excluding hydrogens is 198 g/mol. The first-order valence-electron chi connectivity index (χ1n) is 5.78. The van der Waals surface area contributed by atoms with E-state index in [1.54, 1.807) is 6.08 Å². The summed E-state index contributed by atoms with van der Waals surface area (Å²) in [5, 5.41) is 3.29. The van der Waals surface area contributed by atoms with Crippen molar-refractivity contribution in [3.05, 3.63) is 42.5 Å². The van der Waals surface area contributed by atoms with Crippen molar-refractivity contribution in [3.8, 4) is 5.75 Å². The average molecular weight is 219 g/mol. The van der Waals surface area contributed by atoms with E-state index in [4.69, 9.17) is 4.74 Å². The summed E-state index contributed by atoms with van der Waals surface area (Å²) in [6, 6.07) is 8.50. The number of hydrogen-bond donors (Lipinski definition) is 1. The number of rotatable bonds is 6. The number of hydrogen-bond acceptors (Lipinski definition) is 2. The van der Waals surface area contributed by atoms with Gasteiger partial charge in [-0.15, -0.1) is 0 Å². The van der Waals surface area contributed by atoms with Gasteiger partial charge in [-0.3, -0.25) is 0 Å². The number of ether oxygens (including phenoxy) is 1. The molecule has 0 aliphatic rings. The fourth-order valence-electron chi connectivity index (χ4n) is 1.70. The molecular formula is C14H21NO. The monoisotopic (exact) mass is 219 g/mol. The third kappa shape index (κ3) is 3.11. The molecule has 0 heterocycles. The van der Waals surface area contributed by atoms with Gasteiger partial charge < -0.3 is 10.1 Å². The fourth-order valence-corrected chi connectivity index (χ4v) is 1.70. The summed E-state index contributed by atoms with van der Waals surface area (Å²) in [6.07, 6.45) is 2.88. The van der Waals surface area contributed by atoms with Crippen LogP contribution in [-0.4, -0.2) is 13.2 Å². The number of nitrogens with one attached hydrogen (secondary N) is 1. The Bertz CT molecular complexity index is 331. The lowest BCUT2D eigenvalue weighted by atomic mass is 10.0. The summed E-state index contributed by atoms with van der Waals surface area (Å²) >= 11 is 0. The predicted molar refractivity (Wildman–Crippen MR) is 68.8 cm³/mol. The van der Waals surface area contributed by atoms with Crippen LogP contribution in [0.15, 0.2) is 36.9 Å². The van der Waals surface area contributed by atoms with Crippen molar-refractivity contribution in [2.24, 2.45) is 0 Å². The molecule has 0 bridgehead atoms. The highest BCUT2D eigenvalue weighted by molar-refractivity contribution is 5.36. The molecule has 1 N–H and O–H groups in total. The topological polar surface area (TPSA) is 21.3 Å². The minimum atomic E-state index is 0.0375. The highest BCUT2D eigenvalue weighted by atomic mass is 16.5. The van der Waals surface area contributed by atoms with E-state index in [0.29, 0.717) is 6.04 Å². The van der Waals surface area contributed by atoms with Gasteiger partial charge in [0.05, 0.1) is 0 Å². The second-order valence-electron chi connectivity index (χ2n) is 3.85. The zero-order chi connectivity index (χ0) is 12.0. The summed E-state index contributed by atoms with van der Waals surface area (Å²) in [4.78, 5) is 0. The largest absolute Gasteiger partial charge is 0.486 e. The molecule has 0 fully saturated rings. The minimum Gasteiger partial charge on any atom is -0.486 e. The Morgan fingerprint density at radius 1 is 1.44 bits per heavy atom. The third-order valence-electron chi connectivity index (χ3n) is 2.70. The van der Waals surface area contributed by atoms with Crippen LogP contribution in [0.1, 0.15) is 31.9 Å². The van der Waals surface area contributed by atoms with Crippen molar-refractivity contribution in [1.82, 2.24) is 5.32 Å². The molecule has 0 aliphatic heterocycles. The van der Waals surface area contributed by atoms with Crippen LogP contribution in [0.3, 0.4) is 0 Å². The van der Waals surface area contributed by atoms with Crippen molar-refractivity contribution >= 4 is 0 Å². The van der Waals surface area contributed by atoms with Gasteiger partial charge in [0.15, 0.2) is 0 Å². The summed E-state index contributed by atoms with van der Waals surface area (Å²) < 4.78 is 5.82. The number of benzene rings is 1. The molecule has 16 heavy (non-hydrogen) atoms. The first kappa shape index (κ1) is 12.8. The Morgan fingerprint density at radius 3 is 2.69 bits per heavy atom. The predicted octanol–water partition coefficient (Wildman–Crippen LogP) is 3.31. The Kier molecular flexibility index (Phi) is 5.06. The zero-order valence-electron chi connectivity index (χ0n) is 10.4. The Balaban J connectivity index is 2.94. The van der Waals surface area contributed by atoms with Crippen LogP contribution in [0, 0.1) is 0 Å². The van der Waals surface area contributed by atoms with E-state index in [1.807, 2.05) is 32.2 Å². The molecule has 2 nitrogen and oxygen atoms in total. The van der Waals surface area contributed by atoms with Gasteiger partial charge in [0, 0.05) is 11.6 Å². The maximum absolute atomic E-state index is 5.82. The highest BCUT2D eigenvalue weighted by Crippen LogP contribution is 2.27. The van der Waals surface area contributed by atoms with Gasteiger partial charge in [-0.25, -0.2) is 0 Å². The smallest absolute Gasteiger partial charge is 0.124 e. The summed E-state index contributed by atoms with van der Waals surface area (Å²) in [5.74, 6) is 0.941. The van der Waals surface area contributed by atoms with Gasteiger partial charge in [-0.05, 0) is 26.5 Å². The van der Waals surface area contributed by atoms with E-state index >= 15 is 0 Å². The van der Waals surface area contributed by atoms with Crippen LogP contribution < -0.4 is 10.1 Å². The van der Waals surface area contributed by atoms with E-state index in [1.165, 1.54) is 5.56 Å². The molecule has 2 unspecified atom stereocenters. The summed E-state index contributed by atoms with van der Waals surface area (Å²) in [7, 11) is 1.97. The van der Waals surface area contributed by atoms with E-state index in [2.05, 4.69) is 24.9 Å². The summed E-state index contributed by atoms with van der Waals surface area (Å²) in [5.41, 5.74) is 1.21. The molecule has 1 aromatic rings. The van der Waals surface area contributed by atoms with Gasteiger partial charge >= 0.3 is 0 Å². The Morgan fingerprint density at radius 2 is 2.12 bits per heavy atom. The van der Waals surface area contributed by atoms with Gasteiger partial charge in [-0.1, -0.05) is 37.8 Å². The summed E-state index contributed by atoms with van der Waals surface area (Å²) in [6.45, 7) is 7.88. The molecule has 0 aliphatic carbocycles. The SMILES string of the molecule is C=CC(C)Oc1ccccc1C(CC)NC. The van der Waals surface area contributed by atoms with E-state index in [9.17, 15) is 0 Å². The highest BCUT2D eigenvalue weighted by Gasteiger charge is 2.12. The molecule has 88 valence electrons. The van der Waals surface area contributed by atoms with E-state index < -0.39 is 0 Å². The first-order chi connectivity index (χ1) is 7.72. The van der Waals surface area contributed by atoms with Gasteiger partial charge in [0.25, 0.3) is 0 Å². The van der Waals surface area contributed by atoms with Crippen LogP contribution in [0.4, 0.5) is 0 Å². The molecule has 2 atom stereocenters. The molecule has 0 saturated heterocycles. The minimum absolute atomic E-state index is 0.0375. The van der Waals surface area contributed by atoms with Gasteiger partial charge in [0.1, 0.15) is 11.9 Å². The van der Waals surface area contributed by atoms with Gasteiger partial charge in [-0.2, -0.15) is 0 Å². The average Bonchev–Trinajstić information content (AvgIpc) is 2.32. The van der Waals surface area contributed by atoms with Gasteiger partial charge in [0.2, 0.25) is 0 Å². The lowest BCUT2D eigenvalue weighted by Gasteiger charge is -2.20. The van der Waals surface area contributed by atoms with E-state index in [0.717, 1.165) is 12.2 Å². The molecule has 1 aromatic carbocycles. The first-order valence-corrected chi connectivity index (χ1v) is 5.78. The lowest BCUT2D eigenvalue weighted by molar-refractivity contribution is 0.264. The lowest BCUT2D eigenvalue weighted by Crippen LogP contribution is -2.17. The fraction of sp³-hybridized carbons (Fsp3) is 0.429. The molecule has 1 rings (SSSR count). The Hall–Kier alpha value is -1.28. The third-order valence-corrected chi connectivity index (χ3v) is 2.70. The Labute approximate surface area is 98.3 Å². The van der Waals surface area contributed by atoms with Crippen molar-refractivity contribution in [1.29, 1.82) is 0 Å². The quantitative estimate of drug-likeness (QED) is 0.741. The van der Waals surface area contributed by atoms with Crippen LogP contribution in [0.25, 0.3) is 0 Å². The second kappa shape index (κ2) is 6.33. The van der Waals surface area contributed by atoms with Crippen LogP contribution in [0.5, 0.6) is 5.75 Å². The van der Waals surface area contributed by atoms with Crippen LogP contribution in [-0.2, 0) is 0 Å². The maximum atomic E-state index is 5.82. The number of para-hydroxylation sites is 1. The van der Waals surface area contributed by atoms with E-state index in [-0.39, 0.29) is 6.10 Å². The molecule has 2 heteroatoms. The van der Waals surface area contributed by atoms with Crippen LogP contribution in [0.2, 0.25) is 0 Å². The second-order valence-corrected chi connectivity index (χ2v) is 3.85. The van der Waals surface area contributed by atoms with Crippen molar-refractivity contribution in [3.63, 3.8) is 0 Å². The van der Waals surface area contributed by atoms with Crippen molar-refractivity contribution in [2.45, 2.75) is 32.4 Å². The standard InChI is InChI=1S/C14H21NO/c1-5-11(3)16-14-10-8-7-9-12(14)13(6-2)15-4/h5,7-11,13,15H,1,6H2,2-4H3. The normalized spacial score (nSPS) is 14.2. The molecule has 0 aromatic heterocycles. The van der Waals surface area contributed by atoms with Crippen molar-refractivity contribution < 1.29 is 4.74 Å². The van der Waals surface area contributed by atoms with Crippen molar-refractivity contribution in [2.75, 3.05) is 7.05 Å². The zero-order valence-corrected chi connectivity index (χ0v) is 10.4. The maximum Gasteiger partial charge on any atom is 0.124 e.